The van der Waals surface area contributed by atoms with Gasteiger partial charge < -0.3 is 15.7 Å². The topological polar surface area (TPSA) is 93.5 Å². The summed E-state index contributed by atoms with van der Waals surface area (Å²) in [6, 6.07) is 0. The van der Waals surface area contributed by atoms with Crippen molar-refractivity contribution in [3.8, 4) is 0 Å². The Kier molecular flexibility index (Phi) is 4.13. The lowest BCUT2D eigenvalue weighted by Gasteiger charge is -2.38. The Labute approximate surface area is 123 Å². The fourth-order valence-electron chi connectivity index (χ4n) is 2.92. The minimum Gasteiger partial charge on any atom is -0.388 e. The van der Waals surface area contributed by atoms with Crippen LogP contribution in [-0.2, 0) is 13.6 Å². The average molecular weight is 296 g/mol. The van der Waals surface area contributed by atoms with Gasteiger partial charge in [-0.15, -0.1) is 0 Å². The van der Waals surface area contributed by atoms with Crippen LogP contribution in [0.1, 0.15) is 33.1 Å². The first-order chi connectivity index (χ1) is 9.78. The van der Waals surface area contributed by atoms with Crippen LogP contribution in [0.4, 0.5) is 11.5 Å². The maximum absolute atomic E-state index is 12.4. The van der Waals surface area contributed by atoms with Crippen LogP contribution in [-0.4, -0.2) is 32.9 Å². The molecular weight excluding hydrogens is 272 g/mol. The van der Waals surface area contributed by atoms with Crippen molar-refractivity contribution in [2.45, 2.75) is 45.3 Å². The van der Waals surface area contributed by atoms with E-state index in [2.05, 4.69) is 0 Å². The molecule has 118 valence electrons. The van der Waals surface area contributed by atoms with Gasteiger partial charge in [-0.2, -0.15) is 0 Å². The molecule has 1 atom stereocenters. The molecule has 0 spiro atoms. The number of β-amino-alcohol motifs (C(OH)–C–C–N with tert-alkyl or cyclic N) is 1. The highest BCUT2D eigenvalue weighted by Gasteiger charge is 2.31. The molecule has 1 fully saturated rings. The number of aliphatic hydroxyl groups is 1. The molecule has 1 unspecified atom stereocenters. The number of hydrogen-bond donors (Lipinski definition) is 2. The Balaban J connectivity index is 2.58. The molecule has 21 heavy (non-hydrogen) atoms. The van der Waals surface area contributed by atoms with Crippen LogP contribution in [0.15, 0.2) is 9.59 Å². The molecule has 0 bridgehead atoms. The molecule has 2 rings (SSSR count). The largest absolute Gasteiger partial charge is 0.388 e. The van der Waals surface area contributed by atoms with E-state index in [1.54, 1.807) is 11.8 Å². The predicted octanol–water partition coefficient (Wildman–Crippen LogP) is -0.110. The smallest absolute Gasteiger partial charge is 0.332 e. The van der Waals surface area contributed by atoms with Crippen molar-refractivity contribution in [1.82, 2.24) is 9.13 Å². The number of nitrogens with two attached hydrogens (primary N) is 1. The van der Waals surface area contributed by atoms with Crippen LogP contribution in [0.3, 0.4) is 0 Å². The van der Waals surface area contributed by atoms with Crippen LogP contribution in [0.2, 0.25) is 0 Å². The van der Waals surface area contributed by atoms with E-state index in [1.807, 2.05) is 6.92 Å². The van der Waals surface area contributed by atoms with Gasteiger partial charge in [-0.1, -0.05) is 6.92 Å². The summed E-state index contributed by atoms with van der Waals surface area (Å²) in [5.41, 5.74) is 4.77. The fourth-order valence-corrected chi connectivity index (χ4v) is 2.92. The quantitative estimate of drug-likeness (QED) is 0.812. The van der Waals surface area contributed by atoms with E-state index in [-0.39, 0.29) is 5.82 Å². The first kappa shape index (κ1) is 15.6. The van der Waals surface area contributed by atoms with Gasteiger partial charge in [0, 0.05) is 26.7 Å². The zero-order valence-corrected chi connectivity index (χ0v) is 12.9. The molecule has 1 aromatic heterocycles. The van der Waals surface area contributed by atoms with E-state index in [0.717, 1.165) is 17.4 Å². The summed E-state index contributed by atoms with van der Waals surface area (Å²) in [7, 11) is 1.46. The Morgan fingerprint density at radius 2 is 2.05 bits per heavy atom. The average Bonchev–Trinajstić information content (AvgIpc) is 2.40. The van der Waals surface area contributed by atoms with Crippen molar-refractivity contribution in [3.05, 3.63) is 20.8 Å². The Hall–Kier alpha value is -1.76. The van der Waals surface area contributed by atoms with Crippen molar-refractivity contribution in [1.29, 1.82) is 0 Å². The first-order valence-corrected chi connectivity index (χ1v) is 7.35. The number of rotatable bonds is 3. The van der Waals surface area contributed by atoms with Gasteiger partial charge in [0.15, 0.2) is 0 Å². The van der Waals surface area contributed by atoms with Gasteiger partial charge in [-0.25, -0.2) is 4.79 Å². The van der Waals surface area contributed by atoms with Gasteiger partial charge in [0.25, 0.3) is 5.56 Å². The SMILES string of the molecule is CCCn1c(N)c(N2CCCC(C)(O)C2)c(=O)n(C)c1=O. The van der Waals surface area contributed by atoms with Gasteiger partial charge in [0.1, 0.15) is 11.5 Å². The third kappa shape index (κ3) is 2.83. The highest BCUT2D eigenvalue weighted by molar-refractivity contribution is 5.63. The number of anilines is 2. The summed E-state index contributed by atoms with van der Waals surface area (Å²) in [5.74, 6) is 0.197. The Morgan fingerprint density at radius 1 is 1.38 bits per heavy atom. The van der Waals surface area contributed by atoms with Crippen LogP contribution < -0.4 is 21.9 Å². The van der Waals surface area contributed by atoms with Crippen LogP contribution in [0, 0.1) is 0 Å². The van der Waals surface area contributed by atoms with Crippen molar-refractivity contribution in [2.75, 3.05) is 23.7 Å². The van der Waals surface area contributed by atoms with Crippen molar-refractivity contribution in [3.63, 3.8) is 0 Å². The molecule has 3 N–H and O–H groups in total. The number of piperidine rings is 1. The molecule has 7 nitrogen and oxygen atoms in total. The lowest BCUT2D eigenvalue weighted by atomic mass is 9.95. The summed E-state index contributed by atoms with van der Waals surface area (Å²) >= 11 is 0. The molecular formula is C14H24N4O3. The fraction of sp³-hybridized carbons (Fsp3) is 0.714. The maximum atomic E-state index is 12.4. The van der Waals surface area contributed by atoms with E-state index in [0.29, 0.717) is 31.7 Å². The number of nitrogen functional groups attached to an aromatic ring is 1. The van der Waals surface area contributed by atoms with Crippen LogP contribution in [0.5, 0.6) is 0 Å². The van der Waals surface area contributed by atoms with Gasteiger partial charge in [-0.05, 0) is 26.2 Å². The Bertz CT molecular complexity index is 645. The second kappa shape index (κ2) is 5.55. The minimum absolute atomic E-state index is 0.197. The standard InChI is InChI=1S/C14H24N4O3/c1-4-7-18-11(15)10(12(19)16(3)13(18)20)17-8-5-6-14(2,21)9-17/h21H,4-9,15H2,1-3H3. The summed E-state index contributed by atoms with van der Waals surface area (Å²) in [5, 5.41) is 10.2. The molecule has 1 aliphatic rings. The number of nitrogens with zero attached hydrogens (tertiary/aromatic N) is 3. The lowest BCUT2D eigenvalue weighted by Crippen LogP contribution is -2.50. The van der Waals surface area contributed by atoms with Crippen LogP contribution in [0.25, 0.3) is 0 Å². The number of aromatic nitrogens is 2. The van der Waals surface area contributed by atoms with Crippen molar-refractivity contribution in [2.24, 2.45) is 7.05 Å². The molecule has 1 aromatic rings. The van der Waals surface area contributed by atoms with Crippen molar-refractivity contribution < 1.29 is 5.11 Å². The predicted molar refractivity (Wildman–Crippen MR) is 82.7 cm³/mol. The summed E-state index contributed by atoms with van der Waals surface area (Å²) in [4.78, 5) is 26.4. The molecule has 0 aromatic carbocycles. The Morgan fingerprint density at radius 3 is 2.62 bits per heavy atom. The minimum atomic E-state index is -0.846. The molecule has 2 heterocycles. The molecule has 1 aliphatic heterocycles. The summed E-state index contributed by atoms with van der Waals surface area (Å²) in [6.07, 6.45) is 2.22. The van der Waals surface area contributed by atoms with Gasteiger partial charge >= 0.3 is 5.69 Å². The van der Waals surface area contributed by atoms with E-state index in [1.165, 1.54) is 11.6 Å². The molecule has 0 radical (unpaired) electrons. The highest BCUT2D eigenvalue weighted by atomic mass is 16.3. The normalized spacial score (nSPS) is 22.6. The van der Waals surface area contributed by atoms with E-state index in [9.17, 15) is 14.7 Å². The van der Waals surface area contributed by atoms with Crippen LogP contribution >= 0.6 is 0 Å². The highest BCUT2D eigenvalue weighted by Crippen LogP contribution is 2.26. The number of hydrogen-bond acceptors (Lipinski definition) is 5. The molecule has 1 saturated heterocycles. The molecule has 0 saturated carbocycles. The summed E-state index contributed by atoms with van der Waals surface area (Å²) < 4.78 is 2.52. The van der Waals surface area contributed by atoms with Gasteiger partial charge in [0.2, 0.25) is 0 Å². The third-order valence-corrected chi connectivity index (χ3v) is 4.00. The van der Waals surface area contributed by atoms with Gasteiger partial charge in [0.05, 0.1) is 5.60 Å². The second-order valence-electron chi connectivity index (χ2n) is 6.05. The third-order valence-electron chi connectivity index (χ3n) is 4.00. The summed E-state index contributed by atoms with van der Waals surface area (Å²) in [6.45, 7) is 5.16. The monoisotopic (exact) mass is 296 g/mol. The van der Waals surface area contributed by atoms with E-state index in [4.69, 9.17) is 5.73 Å². The van der Waals surface area contributed by atoms with E-state index < -0.39 is 16.9 Å². The molecule has 0 amide bonds. The molecule has 7 heteroatoms. The maximum Gasteiger partial charge on any atom is 0.332 e. The second-order valence-corrected chi connectivity index (χ2v) is 6.05. The van der Waals surface area contributed by atoms with Crippen molar-refractivity contribution >= 4 is 11.5 Å². The zero-order valence-electron chi connectivity index (χ0n) is 12.9. The zero-order chi connectivity index (χ0) is 15.8. The first-order valence-electron chi connectivity index (χ1n) is 7.35. The molecule has 0 aliphatic carbocycles. The van der Waals surface area contributed by atoms with Gasteiger partial charge in [-0.3, -0.25) is 13.9 Å². The lowest BCUT2D eigenvalue weighted by molar-refractivity contribution is 0.0448. The van der Waals surface area contributed by atoms with E-state index >= 15 is 0 Å².